The number of halogens is 1. The number of carbonyl (C=O) groups excluding carboxylic acids is 1. The van der Waals surface area contributed by atoms with E-state index in [1.54, 1.807) is 0 Å². The Morgan fingerprint density at radius 3 is 2.64 bits per heavy atom. The number of nitro benzene ring substituents is 1. The number of nitro groups is 1. The fraction of sp³-hybridized carbons (Fsp3) is 0.0625. The number of ketones is 1. The van der Waals surface area contributed by atoms with Crippen LogP contribution in [0.3, 0.4) is 0 Å². The van der Waals surface area contributed by atoms with Crippen LogP contribution in [-0.4, -0.2) is 26.7 Å². The van der Waals surface area contributed by atoms with Crippen LogP contribution in [0.4, 0.5) is 5.69 Å². The molecule has 3 aromatic rings. The van der Waals surface area contributed by atoms with Crippen molar-refractivity contribution in [3.8, 4) is 11.5 Å². The number of Topliss-reactive ketones (excluding diaryl/α,β-unsaturated/α-hetero) is 1. The predicted molar refractivity (Wildman–Crippen MR) is 95.6 cm³/mol. The summed E-state index contributed by atoms with van der Waals surface area (Å²) in [6.45, 7) is 0. The third-order valence-corrected chi connectivity index (χ3v) is 4.52. The van der Waals surface area contributed by atoms with E-state index in [0.29, 0.717) is 11.5 Å². The summed E-state index contributed by atoms with van der Waals surface area (Å²) < 4.78 is 6.43. The van der Waals surface area contributed by atoms with E-state index in [1.807, 2.05) is 24.3 Å². The van der Waals surface area contributed by atoms with E-state index < -0.39 is 4.92 Å². The molecule has 1 heterocycles. The van der Waals surface area contributed by atoms with Gasteiger partial charge in [-0.3, -0.25) is 14.9 Å². The number of non-ortho nitro benzene ring substituents is 1. The highest BCUT2D eigenvalue weighted by Crippen LogP contribution is 2.25. The molecular formula is C16H10BrN3O4S. The summed E-state index contributed by atoms with van der Waals surface area (Å²) in [6, 6.07) is 12.9. The highest BCUT2D eigenvalue weighted by Gasteiger charge is 2.14. The standard InChI is InChI=1S/C16H10BrN3O4S/c17-12-3-1-2-11(8-12)15-18-19-16(24-15)25-9-14(21)10-4-6-13(7-5-10)20(22)23/h1-8H,9H2. The van der Waals surface area contributed by atoms with Crippen molar-refractivity contribution in [3.05, 3.63) is 68.7 Å². The second-order valence-corrected chi connectivity index (χ2v) is 6.74. The molecule has 126 valence electrons. The summed E-state index contributed by atoms with van der Waals surface area (Å²) in [7, 11) is 0. The van der Waals surface area contributed by atoms with E-state index in [0.717, 1.165) is 21.8 Å². The number of nitrogens with zero attached hydrogens (tertiary/aromatic N) is 3. The largest absolute Gasteiger partial charge is 0.411 e. The second-order valence-electron chi connectivity index (χ2n) is 4.90. The first-order valence-electron chi connectivity index (χ1n) is 7.03. The maximum Gasteiger partial charge on any atom is 0.277 e. The Bertz CT molecular complexity index is 927. The minimum Gasteiger partial charge on any atom is -0.411 e. The van der Waals surface area contributed by atoms with Crippen molar-refractivity contribution in [1.29, 1.82) is 0 Å². The van der Waals surface area contributed by atoms with E-state index in [2.05, 4.69) is 26.1 Å². The monoisotopic (exact) mass is 419 g/mol. The lowest BCUT2D eigenvalue weighted by Gasteiger charge is -1.99. The molecule has 0 aliphatic carbocycles. The average molecular weight is 420 g/mol. The summed E-state index contributed by atoms with van der Waals surface area (Å²) in [5, 5.41) is 18.8. The molecule has 7 nitrogen and oxygen atoms in total. The molecule has 0 aliphatic heterocycles. The Morgan fingerprint density at radius 1 is 1.20 bits per heavy atom. The number of rotatable bonds is 6. The number of thioether (sulfide) groups is 1. The molecule has 1 aromatic heterocycles. The maximum atomic E-state index is 12.1. The molecule has 0 amide bonds. The zero-order chi connectivity index (χ0) is 17.8. The van der Waals surface area contributed by atoms with Crippen LogP contribution in [0.1, 0.15) is 10.4 Å². The molecule has 9 heteroatoms. The summed E-state index contributed by atoms with van der Waals surface area (Å²) in [5.41, 5.74) is 1.11. The number of benzene rings is 2. The van der Waals surface area contributed by atoms with Crippen LogP contribution in [0.5, 0.6) is 0 Å². The van der Waals surface area contributed by atoms with Crippen molar-refractivity contribution >= 4 is 39.2 Å². The van der Waals surface area contributed by atoms with Crippen molar-refractivity contribution in [3.63, 3.8) is 0 Å². The van der Waals surface area contributed by atoms with Gasteiger partial charge in [-0.05, 0) is 30.3 Å². The van der Waals surface area contributed by atoms with Gasteiger partial charge in [0.2, 0.25) is 5.89 Å². The lowest BCUT2D eigenvalue weighted by atomic mass is 10.1. The quantitative estimate of drug-likeness (QED) is 0.253. The minimum absolute atomic E-state index is 0.0558. The Morgan fingerprint density at radius 2 is 1.96 bits per heavy atom. The molecule has 0 fully saturated rings. The van der Waals surface area contributed by atoms with Gasteiger partial charge in [0.05, 0.1) is 10.7 Å². The molecule has 0 unspecified atom stereocenters. The fourth-order valence-electron chi connectivity index (χ4n) is 1.99. The van der Waals surface area contributed by atoms with Crippen molar-refractivity contribution in [2.45, 2.75) is 5.22 Å². The van der Waals surface area contributed by atoms with Crippen molar-refractivity contribution < 1.29 is 14.1 Å². The van der Waals surface area contributed by atoms with Gasteiger partial charge < -0.3 is 4.42 Å². The zero-order valence-electron chi connectivity index (χ0n) is 12.6. The Labute approximate surface area is 154 Å². The predicted octanol–water partition coefficient (Wildman–Crippen LogP) is 4.38. The van der Waals surface area contributed by atoms with Crippen molar-refractivity contribution in [2.24, 2.45) is 0 Å². The van der Waals surface area contributed by atoms with Crippen LogP contribution in [0, 0.1) is 10.1 Å². The first-order valence-corrected chi connectivity index (χ1v) is 8.81. The molecule has 0 spiro atoms. The third kappa shape index (κ3) is 4.31. The highest BCUT2D eigenvalue weighted by molar-refractivity contribution is 9.10. The Hall–Kier alpha value is -2.52. The molecule has 0 saturated carbocycles. The number of carbonyl (C=O) groups is 1. The molecule has 3 rings (SSSR count). The maximum absolute atomic E-state index is 12.1. The van der Waals surface area contributed by atoms with E-state index in [-0.39, 0.29) is 22.4 Å². The topological polar surface area (TPSA) is 99.1 Å². The van der Waals surface area contributed by atoms with E-state index >= 15 is 0 Å². The van der Waals surface area contributed by atoms with Gasteiger partial charge in [0.25, 0.3) is 10.9 Å². The first kappa shape index (κ1) is 17.3. The van der Waals surface area contributed by atoms with Crippen LogP contribution >= 0.6 is 27.7 Å². The van der Waals surface area contributed by atoms with Crippen LogP contribution < -0.4 is 0 Å². The molecule has 0 aliphatic rings. The van der Waals surface area contributed by atoms with Gasteiger partial charge in [-0.15, -0.1) is 10.2 Å². The van der Waals surface area contributed by atoms with E-state index in [1.165, 1.54) is 24.3 Å². The second kappa shape index (κ2) is 7.58. The first-order chi connectivity index (χ1) is 12.0. The smallest absolute Gasteiger partial charge is 0.277 e. The van der Waals surface area contributed by atoms with Crippen molar-refractivity contribution in [2.75, 3.05) is 5.75 Å². The van der Waals surface area contributed by atoms with Crippen molar-refractivity contribution in [1.82, 2.24) is 10.2 Å². The van der Waals surface area contributed by atoms with E-state index in [9.17, 15) is 14.9 Å². The molecule has 0 atom stereocenters. The molecule has 0 N–H and O–H groups in total. The molecule has 0 saturated heterocycles. The number of hydrogen-bond acceptors (Lipinski definition) is 7. The minimum atomic E-state index is -0.509. The SMILES string of the molecule is O=C(CSc1nnc(-c2cccc(Br)c2)o1)c1ccc([N+](=O)[O-])cc1. The number of hydrogen-bond donors (Lipinski definition) is 0. The number of aromatic nitrogens is 2. The van der Waals surface area contributed by atoms with Crippen LogP contribution in [0.15, 0.2) is 62.6 Å². The molecule has 2 aromatic carbocycles. The van der Waals surface area contributed by atoms with Crippen LogP contribution in [0.2, 0.25) is 0 Å². The van der Waals surface area contributed by atoms with Gasteiger partial charge in [0, 0.05) is 27.7 Å². The van der Waals surface area contributed by atoms with Gasteiger partial charge in [0.15, 0.2) is 5.78 Å². The highest BCUT2D eigenvalue weighted by atomic mass is 79.9. The normalized spacial score (nSPS) is 10.6. The van der Waals surface area contributed by atoms with Gasteiger partial charge in [-0.1, -0.05) is 33.8 Å². The summed E-state index contributed by atoms with van der Waals surface area (Å²) in [4.78, 5) is 22.2. The van der Waals surface area contributed by atoms with Crippen LogP contribution in [-0.2, 0) is 0 Å². The van der Waals surface area contributed by atoms with Gasteiger partial charge in [-0.25, -0.2) is 0 Å². The van der Waals surface area contributed by atoms with Crippen LogP contribution in [0.25, 0.3) is 11.5 Å². The lowest BCUT2D eigenvalue weighted by molar-refractivity contribution is -0.384. The van der Waals surface area contributed by atoms with Gasteiger partial charge in [0.1, 0.15) is 0 Å². The average Bonchev–Trinajstić information content (AvgIpc) is 3.09. The van der Waals surface area contributed by atoms with Gasteiger partial charge in [-0.2, -0.15) is 0 Å². The zero-order valence-corrected chi connectivity index (χ0v) is 15.0. The Kier molecular flexibility index (Phi) is 5.25. The lowest BCUT2D eigenvalue weighted by Crippen LogP contribution is -2.02. The molecule has 0 bridgehead atoms. The summed E-state index contributed by atoms with van der Waals surface area (Å²) >= 11 is 4.49. The van der Waals surface area contributed by atoms with Gasteiger partial charge >= 0.3 is 0 Å². The summed E-state index contributed by atoms with van der Waals surface area (Å²) in [5.74, 6) is 0.284. The van der Waals surface area contributed by atoms with E-state index in [4.69, 9.17) is 4.42 Å². The fourth-order valence-corrected chi connectivity index (χ4v) is 3.04. The molecular weight excluding hydrogens is 410 g/mol. The molecule has 0 radical (unpaired) electrons. The Balaban J connectivity index is 1.64. The summed E-state index contributed by atoms with van der Waals surface area (Å²) in [6.07, 6.45) is 0. The molecule has 25 heavy (non-hydrogen) atoms. The third-order valence-electron chi connectivity index (χ3n) is 3.20.